The van der Waals surface area contributed by atoms with Gasteiger partial charge in [0, 0.05) is 12.4 Å². The first-order valence-corrected chi connectivity index (χ1v) is 4.03. The second-order valence-corrected chi connectivity index (χ2v) is 2.70. The zero-order valence-electron chi connectivity index (χ0n) is 7.83. The molecule has 1 heteroatoms. The Morgan fingerprint density at radius 1 is 1.27 bits per heavy atom. The average molecular weight is 151 g/mol. The molecule has 0 N–H and O–H groups in total. The van der Waals surface area contributed by atoms with Gasteiger partial charge >= 0.3 is 0 Å². The lowest BCUT2D eigenvalue weighted by Crippen LogP contribution is -1.93. The molecule has 0 aliphatic carbocycles. The topological polar surface area (TPSA) is 12.4 Å². The van der Waals surface area contributed by atoms with Crippen LogP contribution in [0.3, 0.4) is 0 Å². The fourth-order valence-electron chi connectivity index (χ4n) is 0.772. The molecule has 0 saturated carbocycles. The van der Waals surface area contributed by atoms with E-state index in [2.05, 4.69) is 24.9 Å². The highest BCUT2D eigenvalue weighted by molar-refractivity contribution is 5.79. The van der Waals surface area contributed by atoms with E-state index in [1.165, 1.54) is 5.57 Å². The van der Waals surface area contributed by atoms with E-state index < -0.39 is 0 Å². The molecule has 0 aliphatic heterocycles. The van der Waals surface area contributed by atoms with E-state index in [1.54, 1.807) is 6.20 Å². The van der Waals surface area contributed by atoms with Crippen molar-refractivity contribution in [2.45, 2.75) is 27.7 Å². The normalized spacial score (nSPS) is 14.1. The van der Waals surface area contributed by atoms with Gasteiger partial charge in [0.25, 0.3) is 0 Å². The zero-order valence-corrected chi connectivity index (χ0v) is 7.83. The predicted molar refractivity (Wildman–Crippen MR) is 51.9 cm³/mol. The van der Waals surface area contributed by atoms with Crippen LogP contribution in [-0.2, 0) is 0 Å². The van der Waals surface area contributed by atoms with Crippen molar-refractivity contribution in [3.05, 3.63) is 23.9 Å². The number of hydrogen-bond donors (Lipinski definition) is 0. The van der Waals surface area contributed by atoms with Crippen molar-refractivity contribution in [2.24, 2.45) is 10.9 Å². The first-order chi connectivity index (χ1) is 5.22. The number of nitrogens with zero attached hydrogens (tertiary/aromatic N) is 1. The molecule has 0 spiro atoms. The molecular weight excluding hydrogens is 134 g/mol. The predicted octanol–water partition coefficient (Wildman–Crippen LogP) is 3.19. The van der Waals surface area contributed by atoms with Crippen molar-refractivity contribution in [2.75, 3.05) is 0 Å². The summed E-state index contributed by atoms with van der Waals surface area (Å²) in [4.78, 5) is 4.11. The smallest absolute Gasteiger partial charge is 0.0299 e. The van der Waals surface area contributed by atoms with Crippen molar-refractivity contribution in [1.82, 2.24) is 0 Å². The minimum absolute atomic E-state index is 0.564. The third-order valence-corrected chi connectivity index (χ3v) is 1.46. The van der Waals surface area contributed by atoms with Crippen LogP contribution in [0.2, 0.25) is 0 Å². The summed E-state index contributed by atoms with van der Waals surface area (Å²) in [5, 5.41) is 0. The third kappa shape index (κ3) is 4.54. The summed E-state index contributed by atoms with van der Waals surface area (Å²) in [7, 11) is 0. The van der Waals surface area contributed by atoms with Crippen LogP contribution in [0.4, 0.5) is 0 Å². The molecule has 0 saturated heterocycles. The second-order valence-electron chi connectivity index (χ2n) is 2.70. The molecule has 11 heavy (non-hydrogen) atoms. The van der Waals surface area contributed by atoms with Gasteiger partial charge in [0.15, 0.2) is 0 Å². The van der Waals surface area contributed by atoms with E-state index >= 15 is 0 Å². The quantitative estimate of drug-likeness (QED) is 0.549. The van der Waals surface area contributed by atoms with E-state index in [1.807, 2.05) is 26.1 Å². The summed E-state index contributed by atoms with van der Waals surface area (Å²) in [5.74, 6) is 0.564. The summed E-state index contributed by atoms with van der Waals surface area (Å²) in [6, 6.07) is 0. The molecule has 0 rings (SSSR count). The average Bonchev–Trinajstić information content (AvgIpc) is 1.97. The van der Waals surface area contributed by atoms with Crippen LogP contribution in [-0.4, -0.2) is 6.21 Å². The van der Waals surface area contributed by atoms with Crippen LogP contribution in [0.1, 0.15) is 27.7 Å². The molecule has 0 fully saturated rings. The molecule has 0 aromatic heterocycles. The zero-order chi connectivity index (χ0) is 8.69. The van der Waals surface area contributed by atoms with Gasteiger partial charge in [-0.15, -0.1) is 0 Å². The van der Waals surface area contributed by atoms with E-state index in [-0.39, 0.29) is 0 Å². The summed E-state index contributed by atoms with van der Waals surface area (Å²) < 4.78 is 0. The van der Waals surface area contributed by atoms with Crippen molar-refractivity contribution >= 4 is 6.21 Å². The highest BCUT2D eigenvalue weighted by Gasteiger charge is 1.95. The maximum absolute atomic E-state index is 4.11. The van der Waals surface area contributed by atoms with Gasteiger partial charge in [0.05, 0.1) is 0 Å². The Balaban J connectivity index is 4.10. The molecule has 0 atom stereocenters. The summed E-state index contributed by atoms with van der Waals surface area (Å²) in [6.07, 6.45) is 7.72. The molecule has 62 valence electrons. The maximum atomic E-state index is 4.11. The third-order valence-electron chi connectivity index (χ3n) is 1.46. The minimum Gasteiger partial charge on any atom is -0.265 e. The van der Waals surface area contributed by atoms with E-state index in [9.17, 15) is 0 Å². The van der Waals surface area contributed by atoms with Crippen molar-refractivity contribution in [3.8, 4) is 0 Å². The SMILES string of the molecule is C\C=C/N=C\C(=C/C)C(C)C. The number of aliphatic imine (C=N–C) groups is 1. The lowest BCUT2D eigenvalue weighted by molar-refractivity contribution is 0.805. The second kappa shape index (κ2) is 5.90. The Bertz CT molecular complexity index is 173. The van der Waals surface area contributed by atoms with Crippen LogP contribution >= 0.6 is 0 Å². The van der Waals surface area contributed by atoms with Gasteiger partial charge in [0.2, 0.25) is 0 Å². The summed E-state index contributed by atoms with van der Waals surface area (Å²) >= 11 is 0. The Morgan fingerprint density at radius 2 is 1.91 bits per heavy atom. The van der Waals surface area contributed by atoms with Gasteiger partial charge in [-0.2, -0.15) is 0 Å². The maximum Gasteiger partial charge on any atom is 0.0299 e. The van der Waals surface area contributed by atoms with Crippen molar-refractivity contribution < 1.29 is 0 Å². The standard InChI is InChI=1S/C10H17N/c1-5-7-11-8-10(6-2)9(3)4/h5-9H,1-4H3/b7-5-,10-6+,11-8-. The van der Waals surface area contributed by atoms with E-state index in [0.29, 0.717) is 5.92 Å². The fourth-order valence-corrected chi connectivity index (χ4v) is 0.772. The molecule has 0 radical (unpaired) electrons. The van der Waals surface area contributed by atoms with Gasteiger partial charge in [-0.1, -0.05) is 26.0 Å². The lowest BCUT2D eigenvalue weighted by Gasteiger charge is -2.02. The van der Waals surface area contributed by atoms with Crippen LogP contribution in [0.5, 0.6) is 0 Å². The number of rotatable bonds is 3. The lowest BCUT2D eigenvalue weighted by atomic mass is 10.1. The minimum atomic E-state index is 0.564. The molecule has 0 aromatic rings. The van der Waals surface area contributed by atoms with Crippen LogP contribution < -0.4 is 0 Å². The largest absolute Gasteiger partial charge is 0.265 e. The van der Waals surface area contributed by atoms with Crippen LogP contribution in [0, 0.1) is 5.92 Å². The van der Waals surface area contributed by atoms with E-state index in [0.717, 1.165) is 0 Å². The molecule has 0 heterocycles. The van der Waals surface area contributed by atoms with Gasteiger partial charge in [-0.05, 0) is 25.3 Å². The summed E-state index contributed by atoms with van der Waals surface area (Å²) in [6.45, 7) is 8.33. The molecule has 0 aromatic carbocycles. The Kier molecular flexibility index (Phi) is 5.44. The Labute approximate surface area is 69.5 Å². The molecule has 0 unspecified atom stereocenters. The molecule has 0 aliphatic rings. The van der Waals surface area contributed by atoms with Gasteiger partial charge in [-0.3, -0.25) is 4.99 Å². The Morgan fingerprint density at radius 3 is 2.27 bits per heavy atom. The van der Waals surface area contributed by atoms with Gasteiger partial charge < -0.3 is 0 Å². The van der Waals surface area contributed by atoms with E-state index in [4.69, 9.17) is 0 Å². The first kappa shape index (κ1) is 10.2. The van der Waals surface area contributed by atoms with Crippen LogP contribution in [0.15, 0.2) is 28.9 Å². The molecular formula is C10H17N. The summed E-state index contributed by atoms with van der Waals surface area (Å²) in [5.41, 5.74) is 1.28. The number of allylic oxidation sites excluding steroid dienone is 3. The molecule has 0 bridgehead atoms. The van der Waals surface area contributed by atoms with Gasteiger partial charge in [-0.25, -0.2) is 0 Å². The first-order valence-electron chi connectivity index (χ1n) is 4.03. The Hall–Kier alpha value is -0.850. The van der Waals surface area contributed by atoms with Crippen molar-refractivity contribution in [3.63, 3.8) is 0 Å². The molecule has 0 amide bonds. The fraction of sp³-hybridized carbons (Fsp3) is 0.500. The van der Waals surface area contributed by atoms with Crippen LogP contribution in [0.25, 0.3) is 0 Å². The molecule has 1 nitrogen and oxygen atoms in total. The monoisotopic (exact) mass is 151 g/mol. The van der Waals surface area contributed by atoms with Crippen molar-refractivity contribution in [1.29, 1.82) is 0 Å². The number of hydrogen-bond acceptors (Lipinski definition) is 1. The highest BCUT2D eigenvalue weighted by Crippen LogP contribution is 2.05. The van der Waals surface area contributed by atoms with Gasteiger partial charge in [0.1, 0.15) is 0 Å². The highest BCUT2D eigenvalue weighted by atomic mass is 14.7.